The van der Waals surface area contributed by atoms with Gasteiger partial charge in [-0.3, -0.25) is 4.79 Å². The Morgan fingerprint density at radius 1 is 1.14 bits per heavy atom. The van der Waals surface area contributed by atoms with Crippen molar-refractivity contribution in [3.63, 3.8) is 0 Å². The summed E-state index contributed by atoms with van der Waals surface area (Å²) in [4.78, 5) is 16.6. The van der Waals surface area contributed by atoms with E-state index in [9.17, 15) is 9.18 Å². The first kappa shape index (κ1) is 21.6. The summed E-state index contributed by atoms with van der Waals surface area (Å²) in [6, 6.07) is 14.4. The maximum atomic E-state index is 12.9. The fourth-order valence-electron chi connectivity index (χ4n) is 2.71. The van der Waals surface area contributed by atoms with Crippen molar-refractivity contribution < 1.29 is 13.6 Å². The molecule has 0 saturated heterocycles. The molecule has 4 nitrogen and oxygen atoms in total. The second-order valence-electron chi connectivity index (χ2n) is 6.57. The molecular weight excluding hydrogens is 455 g/mol. The van der Waals surface area contributed by atoms with Gasteiger partial charge in [0.25, 0.3) is 0 Å². The van der Waals surface area contributed by atoms with Crippen molar-refractivity contribution in [3.8, 4) is 11.5 Å². The van der Waals surface area contributed by atoms with Gasteiger partial charge in [0.2, 0.25) is 11.8 Å². The molecule has 152 valence electrons. The molecule has 0 aliphatic heterocycles. The minimum absolute atomic E-state index is 0.0242. The highest BCUT2D eigenvalue weighted by Gasteiger charge is 2.12. The van der Waals surface area contributed by atoms with Gasteiger partial charge in [-0.05, 0) is 48.7 Å². The predicted molar refractivity (Wildman–Crippen MR) is 119 cm³/mol. The van der Waals surface area contributed by atoms with Crippen molar-refractivity contribution in [2.45, 2.75) is 24.4 Å². The molecule has 2 aromatic carbocycles. The van der Waals surface area contributed by atoms with Crippen LogP contribution in [0.1, 0.15) is 22.6 Å². The zero-order chi connectivity index (χ0) is 20.6. The molecule has 0 radical (unpaired) electrons. The number of hydrogen-bond donors (Lipinski definition) is 1. The van der Waals surface area contributed by atoms with Crippen LogP contribution < -0.4 is 5.32 Å². The van der Waals surface area contributed by atoms with Crippen LogP contribution in [0.5, 0.6) is 0 Å². The molecule has 0 fully saturated rings. The van der Waals surface area contributed by atoms with Crippen LogP contribution in [0.3, 0.4) is 0 Å². The normalized spacial score (nSPS) is 10.9. The van der Waals surface area contributed by atoms with Crippen LogP contribution in [0.2, 0.25) is 0 Å². The lowest BCUT2D eigenvalue weighted by Crippen LogP contribution is -2.27. The predicted octanol–water partition coefficient (Wildman–Crippen LogP) is 5.28. The molecule has 0 spiro atoms. The third-order valence-electron chi connectivity index (χ3n) is 4.37. The van der Waals surface area contributed by atoms with Crippen LogP contribution in [-0.4, -0.2) is 23.2 Å². The van der Waals surface area contributed by atoms with Crippen molar-refractivity contribution >= 4 is 33.6 Å². The third-order valence-corrected chi connectivity index (χ3v) is 5.96. The lowest BCUT2D eigenvalue weighted by atomic mass is 10.1. The first-order valence-corrected chi connectivity index (χ1v) is 11.5. The lowest BCUT2D eigenvalue weighted by Gasteiger charge is -2.05. The van der Waals surface area contributed by atoms with E-state index in [1.54, 1.807) is 12.1 Å². The standard InChI is InChI=1S/C22H22BrFN2O2S/c1-15-20(26-22(28-15)18-6-2-17(12-23)3-7-18)13-29-14-21(27)25-11-10-16-4-8-19(24)9-5-16/h2-9H,10-14H2,1H3,(H,25,27). The minimum atomic E-state index is -0.253. The van der Waals surface area contributed by atoms with Crippen LogP contribution in [-0.2, 0) is 22.3 Å². The molecule has 1 aromatic heterocycles. The Labute approximate surface area is 182 Å². The summed E-state index contributed by atoms with van der Waals surface area (Å²) in [6.07, 6.45) is 0.677. The molecule has 29 heavy (non-hydrogen) atoms. The zero-order valence-electron chi connectivity index (χ0n) is 16.1. The van der Waals surface area contributed by atoms with E-state index >= 15 is 0 Å². The third kappa shape index (κ3) is 6.44. The van der Waals surface area contributed by atoms with Crippen LogP contribution in [0.25, 0.3) is 11.5 Å². The molecule has 0 bridgehead atoms. The first-order valence-electron chi connectivity index (χ1n) is 9.25. The number of aromatic nitrogens is 1. The number of nitrogens with one attached hydrogen (secondary N) is 1. The summed E-state index contributed by atoms with van der Waals surface area (Å²) < 4.78 is 18.7. The monoisotopic (exact) mass is 476 g/mol. The number of nitrogens with zero attached hydrogens (tertiary/aromatic N) is 1. The van der Waals surface area contributed by atoms with Crippen LogP contribution in [0.4, 0.5) is 4.39 Å². The number of aryl methyl sites for hydroxylation is 1. The van der Waals surface area contributed by atoms with E-state index in [1.165, 1.54) is 29.5 Å². The Balaban J connectivity index is 1.43. The molecule has 1 amide bonds. The number of amides is 1. The summed E-state index contributed by atoms with van der Waals surface area (Å²) in [6.45, 7) is 2.42. The van der Waals surface area contributed by atoms with Gasteiger partial charge in [-0.2, -0.15) is 0 Å². The van der Waals surface area contributed by atoms with Crippen molar-refractivity contribution in [1.29, 1.82) is 0 Å². The Morgan fingerprint density at radius 2 is 1.83 bits per heavy atom. The van der Waals surface area contributed by atoms with Gasteiger partial charge in [0.05, 0.1) is 11.4 Å². The van der Waals surface area contributed by atoms with E-state index in [0.717, 1.165) is 27.9 Å². The van der Waals surface area contributed by atoms with Gasteiger partial charge in [0.1, 0.15) is 11.6 Å². The average molecular weight is 477 g/mol. The number of carbonyl (C=O) groups is 1. The molecule has 0 unspecified atom stereocenters. The number of hydrogen-bond acceptors (Lipinski definition) is 4. The van der Waals surface area contributed by atoms with Gasteiger partial charge in [-0.15, -0.1) is 11.8 Å². The number of benzene rings is 2. The fourth-order valence-corrected chi connectivity index (χ4v) is 3.94. The van der Waals surface area contributed by atoms with Gasteiger partial charge in [0, 0.05) is 23.2 Å². The number of oxazole rings is 1. The number of alkyl halides is 1. The van der Waals surface area contributed by atoms with E-state index in [2.05, 4.69) is 26.2 Å². The molecule has 3 aromatic rings. The summed E-state index contributed by atoms with van der Waals surface area (Å²) in [5, 5.41) is 3.70. The number of thioether (sulfide) groups is 1. The lowest BCUT2D eigenvalue weighted by molar-refractivity contribution is -0.118. The molecule has 3 rings (SSSR count). The molecular formula is C22H22BrFN2O2S. The van der Waals surface area contributed by atoms with Gasteiger partial charge in [-0.25, -0.2) is 9.37 Å². The molecule has 0 atom stereocenters. The Bertz CT molecular complexity index is 942. The molecule has 0 aliphatic rings. The maximum Gasteiger partial charge on any atom is 0.230 e. The highest BCUT2D eigenvalue weighted by molar-refractivity contribution is 9.08. The highest BCUT2D eigenvalue weighted by atomic mass is 79.9. The largest absolute Gasteiger partial charge is 0.441 e. The summed E-state index contributed by atoms with van der Waals surface area (Å²) >= 11 is 4.94. The van der Waals surface area contributed by atoms with Crippen molar-refractivity contribution in [1.82, 2.24) is 10.3 Å². The number of rotatable bonds is 9. The summed E-state index contributed by atoms with van der Waals surface area (Å²) in [7, 11) is 0. The van der Waals surface area contributed by atoms with Crippen molar-refractivity contribution in [3.05, 3.63) is 76.9 Å². The molecule has 0 aliphatic carbocycles. The number of carbonyl (C=O) groups excluding carboxylic acids is 1. The zero-order valence-corrected chi connectivity index (χ0v) is 18.5. The Kier molecular flexibility index (Phi) is 7.89. The smallest absolute Gasteiger partial charge is 0.230 e. The van der Waals surface area contributed by atoms with Crippen LogP contribution in [0, 0.1) is 12.7 Å². The Morgan fingerprint density at radius 3 is 2.52 bits per heavy atom. The van der Waals surface area contributed by atoms with Gasteiger partial charge < -0.3 is 9.73 Å². The van der Waals surface area contributed by atoms with E-state index < -0.39 is 0 Å². The minimum Gasteiger partial charge on any atom is -0.441 e. The fraction of sp³-hybridized carbons (Fsp3) is 0.273. The summed E-state index contributed by atoms with van der Waals surface area (Å²) in [5.74, 6) is 2.06. The quantitative estimate of drug-likeness (QED) is 0.427. The van der Waals surface area contributed by atoms with Crippen molar-refractivity contribution in [2.75, 3.05) is 12.3 Å². The van der Waals surface area contributed by atoms with E-state index in [0.29, 0.717) is 30.4 Å². The summed E-state index contributed by atoms with van der Waals surface area (Å²) in [5.41, 5.74) is 3.98. The second-order valence-corrected chi connectivity index (χ2v) is 8.12. The highest BCUT2D eigenvalue weighted by Crippen LogP contribution is 2.25. The van der Waals surface area contributed by atoms with Gasteiger partial charge in [0.15, 0.2) is 0 Å². The number of halogens is 2. The molecule has 1 heterocycles. The molecule has 0 saturated carbocycles. The van der Waals surface area contributed by atoms with Crippen LogP contribution in [0.15, 0.2) is 52.9 Å². The SMILES string of the molecule is Cc1oc(-c2ccc(CBr)cc2)nc1CSCC(=O)NCCc1ccc(F)cc1. The first-order chi connectivity index (χ1) is 14.0. The van der Waals surface area contributed by atoms with E-state index in [-0.39, 0.29) is 11.7 Å². The van der Waals surface area contributed by atoms with Crippen molar-refractivity contribution in [2.24, 2.45) is 0 Å². The van der Waals surface area contributed by atoms with E-state index in [1.807, 2.05) is 31.2 Å². The molecule has 1 N–H and O–H groups in total. The van der Waals surface area contributed by atoms with Crippen LogP contribution >= 0.6 is 27.7 Å². The van der Waals surface area contributed by atoms with Gasteiger partial charge >= 0.3 is 0 Å². The molecule has 7 heteroatoms. The maximum absolute atomic E-state index is 12.9. The van der Waals surface area contributed by atoms with Gasteiger partial charge in [-0.1, -0.05) is 40.2 Å². The Hall–Kier alpha value is -2.12. The average Bonchev–Trinajstić information content (AvgIpc) is 3.10. The topological polar surface area (TPSA) is 55.1 Å². The second kappa shape index (κ2) is 10.6. The van der Waals surface area contributed by atoms with E-state index in [4.69, 9.17) is 4.42 Å².